The van der Waals surface area contributed by atoms with E-state index in [0.29, 0.717) is 0 Å². The maximum atomic E-state index is 13.6. The highest BCUT2D eigenvalue weighted by molar-refractivity contribution is 5.95. The summed E-state index contributed by atoms with van der Waals surface area (Å²) in [6, 6.07) is 6.17. The molecule has 0 saturated heterocycles. The van der Waals surface area contributed by atoms with E-state index in [9.17, 15) is 28.8 Å². The molecule has 0 saturated carbocycles. The molecule has 0 spiro atoms. The van der Waals surface area contributed by atoms with Gasteiger partial charge in [-0.3, -0.25) is 14.9 Å². The SMILES string of the molecule is CC(=O)c1ccc(OCC(O)c2cc(F)ccc2F)c([N+](=O)[O-])c1. The number of benzene rings is 2. The van der Waals surface area contributed by atoms with E-state index < -0.39 is 35.0 Å². The van der Waals surface area contributed by atoms with Crippen LogP contribution in [-0.2, 0) is 0 Å². The second kappa shape index (κ2) is 7.14. The smallest absolute Gasteiger partial charge is 0.311 e. The molecule has 0 aliphatic heterocycles. The number of ketones is 1. The normalized spacial score (nSPS) is 11.8. The summed E-state index contributed by atoms with van der Waals surface area (Å²) in [6.45, 7) is 0.733. The zero-order chi connectivity index (χ0) is 17.9. The third kappa shape index (κ3) is 3.90. The number of aliphatic hydroxyl groups is 1. The van der Waals surface area contributed by atoms with Gasteiger partial charge in [0.15, 0.2) is 11.5 Å². The zero-order valence-electron chi connectivity index (χ0n) is 12.5. The van der Waals surface area contributed by atoms with E-state index in [1.165, 1.54) is 19.1 Å². The largest absolute Gasteiger partial charge is 0.484 e. The van der Waals surface area contributed by atoms with Crippen LogP contribution in [0.15, 0.2) is 36.4 Å². The van der Waals surface area contributed by atoms with Gasteiger partial charge in [-0.05, 0) is 37.3 Å². The van der Waals surface area contributed by atoms with Crippen molar-refractivity contribution >= 4 is 11.5 Å². The van der Waals surface area contributed by atoms with Gasteiger partial charge in [-0.15, -0.1) is 0 Å². The number of halogens is 2. The fourth-order valence-corrected chi connectivity index (χ4v) is 2.03. The van der Waals surface area contributed by atoms with Gasteiger partial charge in [0.25, 0.3) is 0 Å². The molecule has 126 valence electrons. The Labute approximate surface area is 135 Å². The number of Topliss-reactive ketones (excluding diaryl/α,β-unsaturated/α-hetero) is 1. The molecule has 0 fully saturated rings. The number of nitro groups is 1. The Morgan fingerprint density at radius 1 is 1.29 bits per heavy atom. The van der Waals surface area contributed by atoms with Crippen molar-refractivity contribution in [1.29, 1.82) is 0 Å². The van der Waals surface area contributed by atoms with Crippen LogP contribution in [0.2, 0.25) is 0 Å². The summed E-state index contributed by atoms with van der Waals surface area (Å²) >= 11 is 0. The van der Waals surface area contributed by atoms with Crippen LogP contribution in [0.25, 0.3) is 0 Å². The maximum absolute atomic E-state index is 13.6. The molecular weight excluding hydrogens is 324 g/mol. The minimum Gasteiger partial charge on any atom is -0.484 e. The highest BCUT2D eigenvalue weighted by Gasteiger charge is 2.20. The number of hydrogen-bond acceptors (Lipinski definition) is 5. The summed E-state index contributed by atoms with van der Waals surface area (Å²) in [5, 5.41) is 21.0. The second-order valence-electron chi connectivity index (χ2n) is 4.99. The van der Waals surface area contributed by atoms with Gasteiger partial charge in [-0.2, -0.15) is 0 Å². The number of rotatable bonds is 6. The molecule has 2 rings (SSSR count). The molecule has 24 heavy (non-hydrogen) atoms. The van der Waals surface area contributed by atoms with Crippen molar-refractivity contribution in [3.8, 4) is 5.75 Å². The number of carbonyl (C=O) groups is 1. The van der Waals surface area contributed by atoms with Crippen molar-refractivity contribution in [1.82, 2.24) is 0 Å². The van der Waals surface area contributed by atoms with Crippen LogP contribution in [0.5, 0.6) is 5.75 Å². The Kier molecular flexibility index (Phi) is 5.20. The number of nitrogens with zero attached hydrogens (tertiary/aromatic N) is 1. The highest BCUT2D eigenvalue weighted by atomic mass is 19.1. The van der Waals surface area contributed by atoms with Gasteiger partial charge in [0.1, 0.15) is 24.3 Å². The lowest BCUT2D eigenvalue weighted by atomic mass is 10.1. The molecule has 0 aromatic heterocycles. The number of nitro benzene ring substituents is 1. The summed E-state index contributed by atoms with van der Waals surface area (Å²) in [4.78, 5) is 21.6. The van der Waals surface area contributed by atoms with Crippen molar-refractivity contribution in [2.75, 3.05) is 6.61 Å². The van der Waals surface area contributed by atoms with Gasteiger partial charge < -0.3 is 9.84 Å². The predicted molar refractivity (Wildman–Crippen MR) is 79.9 cm³/mol. The van der Waals surface area contributed by atoms with Crippen LogP contribution in [0.3, 0.4) is 0 Å². The lowest BCUT2D eigenvalue weighted by Gasteiger charge is -2.14. The molecule has 6 nitrogen and oxygen atoms in total. The first kappa shape index (κ1) is 17.5. The molecular formula is C16H13F2NO5. The lowest BCUT2D eigenvalue weighted by Crippen LogP contribution is -2.12. The second-order valence-corrected chi connectivity index (χ2v) is 4.99. The summed E-state index contributed by atoms with van der Waals surface area (Å²) in [6.07, 6.45) is -1.52. The van der Waals surface area contributed by atoms with Gasteiger partial charge in [-0.1, -0.05) is 0 Å². The summed E-state index contributed by atoms with van der Waals surface area (Å²) < 4.78 is 31.8. The number of ether oxygens (including phenoxy) is 1. The molecule has 1 N–H and O–H groups in total. The standard InChI is InChI=1S/C16H13F2NO5/c1-9(20)10-2-5-16(14(6-10)19(22)23)24-8-15(21)12-7-11(17)3-4-13(12)18/h2-7,15,21H,8H2,1H3. The van der Waals surface area contributed by atoms with Crippen LogP contribution in [0.1, 0.15) is 28.9 Å². The van der Waals surface area contributed by atoms with Crippen LogP contribution >= 0.6 is 0 Å². The van der Waals surface area contributed by atoms with E-state index in [1.807, 2.05) is 0 Å². The molecule has 2 aromatic carbocycles. The van der Waals surface area contributed by atoms with E-state index in [0.717, 1.165) is 24.3 Å². The molecule has 0 bridgehead atoms. The third-order valence-corrected chi connectivity index (χ3v) is 3.28. The quantitative estimate of drug-likeness (QED) is 0.497. The fourth-order valence-electron chi connectivity index (χ4n) is 2.03. The van der Waals surface area contributed by atoms with Gasteiger partial charge in [-0.25, -0.2) is 8.78 Å². The lowest BCUT2D eigenvalue weighted by molar-refractivity contribution is -0.386. The van der Waals surface area contributed by atoms with Gasteiger partial charge >= 0.3 is 5.69 Å². The first-order valence-electron chi connectivity index (χ1n) is 6.84. The monoisotopic (exact) mass is 337 g/mol. The Bertz CT molecular complexity index is 794. The van der Waals surface area contributed by atoms with Gasteiger partial charge in [0.2, 0.25) is 0 Å². The van der Waals surface area contributed by atoms with E-state index in [4.69, 9.17) is 4.74 Å². The summed E-state index contributed by atoms with van der Waals surface area (Å²) in [5.74, 6) is -2.11. The number of hydrogen-bond donors (Lipinski definition) is 1. The predicted octanol–water partition coefficient (Wildman–Crippen LogP) is 3.19. The Balaban J connectivity index is 2.20. The fraction of sp³-hybridized carbons (Fsp3) is 0.188. The van der Waals surface area contributed by atoms with Crippen molar-refractivity contribution in [2.45, 2.75) is 13.0 Å². The Morgan fingerprint density at radius 3 is 2.62 bits per heavy atom. The Hall–Kier alpha value is -2.87. The average Bonchev–Trinajstić information content (AvgIpc) is 2.54. The average molecular weight is 337 g/mol. The molecule has 0 aliphatic rings. The molecule has 0 amide bonds. The van der Waals surface area contributed by atoms with Gasteiger partial charge in [0.05, 0.1) is 4.92 Å². The van der Waals surface area contributed by atoms with E-state index >= 15 is 0 Å². The van der Waals surface area contributed by atoms with Crippen LogP contribution in [-0.4, -0.2) is 22.4 Å². The van der Waals surface area contributed by atoms with Crippen molar-refractivity contribution in [3.63, 3.8) is 0 Å². The van der Waals surface area contributed by atoms with Crippen LogP contribution in [0, 0.1) is 21.7 Å². The van der Waals surface area contributed by atoms with E-state index in [-0.39, 0.29) is 22.7 Å². The first-order chi connectivity index (χ1) is 11.3. The maximum Gasteiger partial charge on any atom is 0.311 e. The van der Waals surface area contributed by atoms with E-state index in [2.05, 4.69) is 0 Å². The van der Waals surface area contributed by atoms with Crippen molar-refractivity contribution < 1.29 is 28.3 Å². The minimum atomic E-state index is -1.52. The van der Waals surface area contributed by atoms with Gasteiger partial charge in [0, 0.05) is 17.2 Å². The number of carbonyl (C=O) groups excluding carboxylic acids is 1. The molecule has 0 radical (unpaired) electrons. The molecule has 0 heterocycles. The van der Waals surface area contributed by atoms with E-state index in [1.54, 1.807) is 0 Å². The number of aliphatic hydroxyl groups excluding tert-OH is 1. The summed E-state index contributed by atoms with van der Waals surface area (Å²) in [7, 11) is 0. The van der Waals surface area contributed by atoms with Crippen LogP contribution < -0.4 is 4.74 Å². The molecule has 2 aromatic rings. The Morgan fingerprint density at radius 2 is 2.00 bits per heavy atom. The first-order valence-corrected chi connectivity index (χ1v) is 6.84. The molecule has 1 atom stereocenters. The topological polar surface area (TPSA) is 89.7 Å². The molecule has 0 aliphatic carbocycles. The highest BCUT2D eigenvalue weighted by Crippen LogP contribution is 2.29. The minimum absolute atomic E-state index is 0.130. The summed E-state index contributed by atoms with van der Waals surface area (Å²) in [5.41, 5.74) is -0.654. The third-order valence-electron chi connectivity index (χ3n) is 3.28. The van der Waals surface area contributed by atoms with Crippen molar-refractivity contribution in [3.05, 3.63) is 69.3 Å². The molecule has 8 heteroatoms. The zero-order valence-corrected chi connectivity index (χ0v) is 12.5. The van der Waals surface area contributed by atoms with Crippen molar-refractivity contribution in [2.24, 2.45) is 0 Å². The van der Waals surface area contributed by atoms with Crippen LogP contribution in [0.4, 0.5) is 14.5 Å². The molecule has 1 unspecified atom stereocenters.